The minimum atomic E-state index is -0.340. The second-order valence-corrected chi connectivity index (χ2v) is 6.55. The second kappa shape index (κ2) is 9.19. The fourth-order valence-corrected chi connectivity index (χ4v) is 2.79. The number of para-hydroxylation sites is 1. The van der Waals surface area contributed by atoms with E-state index in [1.807, 2.05) is 42.5 Å². The molecule has 0 fully saturated rings. The highest BCUT2D eigenvalue weighted by Crippen LogP contribution is 2.24. The number of carbonyl (C=O) groups excluding carboxylic acids is 2. The first-order chi connectivity index (χ1) is 13.1. The molecule has 7 heteroatoms. The SMILES string of the molecule is O=C(CCCOc1ccccc1)NC1=NC(c2ccc(Cl)cc2)CC(=O)N1. The number of halogens is 1. The Balaban J connectivity index is 1.50. The number of guanidine groups is 1. The molecule has 1 atom stereocenters. The third kappa shape index (κ3) is 5.82. The van der Waals surface area contributed by atoms with Crippen molar-refractivity contribution >= 4 is 29.4 Å². The van der Waals surface area contributed by atoms with Crippen molar-refractivity contribution in [2.24, 2.45) is 4.99 Å². The molecule has 2 N–H and O–H groups in total. The monoisotopic (exact) mass is 385 g/mol. The molecule has 27 heavy (non-hydrogen) atoms. The van der Waals surface area contributed by atoms with E-state index >= 15 is 0 Å². The van der Waals surface area contributed by atoms with Crippen LogP contribution < -0.4 is 15.4 Å². The summed E-state index contributed by atoms with van der Waals surface area (Å²) in [5.74, 6) is 0.544. The molecule has 3 rings (SSSR count). The molecule has 1 aliphatic rings. The number of carbonyl (C=O) groups is 2. The van der Waals surface area contributed by atoms with Gasteiger partial charge < -0.3 is 4.74 Å². The van der Waals surface area contributed by atoms with Crippen LogP contribution in [-0.4, -0.2) is 24.4 Å². The van der Waals surface area contributed by atoms with Crippen LogP contribution in [0.3, 0.4) is 0 Å². The number of nitrogens with zero attached hydrogens (tertiary/aromatic N) is 1. The van der Waals surface area contributed by atoms with E-state index < -0.39 is 0 Å². The Labute approximate surface area is 162 Å². The van der Waals surface area contributed by atoms with E-state index in [9.17, 15) is 9.59 Å². The van der Waals surface area contributed by atoms with E-state index in [-0.39, 0.29) is 36.7 Å². The summed E-state index contributed by atoms with van der Waals surface area (Å²) in [6.07, 6.45) is 1.06. The van der Waals surface area contributed by atoms with Crippen molar-refractivity contribution in [3.63, 3.8) is 0 Å². The predicted octanol–water partition coefficient (Wildman–Crippen LogP) is 3.23. The van der Waals surface area contributed by atoms with E-state index in [1.165, 1.54) is 0 Å². The van der Waals surface area contributed by atoms with Crippen LogP contribution in [0.5, 0.6) is 5.75 Å². The summed E-state index contributed by atoms with van der Waals surface area (Å²) in [5.41, 5.74) is 0.872. The summed E-state index contributed by atoms with van der Waals surface area (Å²) in [5, 5.41) is 5.87. The first-order valence-electron chi connectivity index (χ1n) is 8.71. The smallest absolute Gasteiger partial charge is 0.229 e. The van der Waals surface area contributed by atoms with Gasteiger partial charge in [-0.05, 0) is 36.2 Å². The number of nitrogens with one attached hydrogen (secondary N) is 2. The molecule has 0 aliphatic carbocycles. The first-order valence-corrected chi connectivity index (χ1v) is 9.09. The van der Waals surface area contributed by atoms with Crippen molar-refractivity contribution in [3.8, 4) is 5.75 Å². The van der Waals surface area contributed by atoms with E-state index in [0.717, 1.165) is 11.3 Å². The van der Waals surface area contributed by atoms with Gasteiger partial charge in [0, 0.05) is 11.4 Å². The number of ether oxygens (including phenoxy) is 1. The minimum absolute atomic E-state index is 0.181. The van der Waals surface area contributed by atoms with Crippen LogP contribution in [0.4, 0.5) is 0 Å². The van der Waals surface area contributed by atoms with Gasteiger partial charge in [0.05, 0.1) is 19.1 Å². The van der Waals surface area contributed by atoms with Gasteiger partial charge in [-0.15, -0.1) is 0 Å². The van der Waals surface area contributed by atoms with Crippen LogP contribution in [0.1, 0.15) is 30.9 Å². The van der Waals surface area contributed by atoms with Gasteiger partial charge in [-0.1, -0.05) is 41.9 Å². The number of aliphatic imine (C=N–C) groups is 1. The molecule has 0 saturated carbocycles. The molecule has 140 valence electrons. The van der Waals surface area contributed by atoms with Crippen LogP contribution >= 0.6 is 11.6 Å². The maximum atomic E-state index is 12.1. The summed E-state index contributed by atoms with van der Waals surface area (Å²) in [6, 6.07) is 16.3. The predicted molar refractivity (Wildman–Crippen MR) is 104 cm³/mol. The average molecular weight is 386 g/mol. The Bertz CT molecular complexity index is 822. The molecule has 2 aromatic rings. The zero-order chi connectivity index (χ0) is 19.1. The lowest BCUT2D eigenvalue weighted by atomic mass is 10.0. The lowest BCUT2D eigenvalue weighted by Gasteiger charge is -2.21. The molecule has 1 heterocycles. The van der Waals surface area contributed by atoms with Gasteiger partial charge in [0.25, 0.3) is 0 Å². The molecule has 0 aromatic heterocycles. The number of hydrogen-bond acceptors (Lipinski definition) is 4. The van der Waals surface area contributed by atoms with Crippen molar-refractivity contribution in [2.45, 2.75) is 25.3 Å². The topological polar surface area (TPSA) is 79.8 Å². The lowest BCUT2D eigenvalue weighted by molar-refractivity contribution is -0.120. The van der Waals surface area contributed by atoms with Crippen LogP contribution in [-0.2, 0) is 9.59 Å². The number of hydrogen-bond donors (Lipinski definition) is 2. The van der Waals surface area contributed by atoms with Crippen LogP contribution in [0.15, 0.2) is 59.6 Å². The van der Waals surface area contributed by atoms with Crippen molar-refractivity contribution in [2.75, 3.05) is 6.61 Å². The Hall–Kier alpha value is -2.86. The quantitative estimate of drug-likeness (QED) is 0.749. The highest BCUT2D eigenvalue weighted by molar-refractivity contribution is 6.30. The fraction of sp³-hybridized carbons (Fsp3) is 0.250. The summed E-state index contributed by atoms with van der Waals surface area (Å²) in [4.78, 5) is 28.5. The molecule has 0 radical (unpaired) electrons. The molecule has 6 nitrogen and oxygen atoms in total. The molecule has 0 saturated heterocycles. The summed E-state index contributed by atoms with van der Waals surface area (Å²) < 4.78 is 5.56. The Morgan fingerprint density at radius 3 is 2.67 bits per heavy atom. The number of rotatable bonds is 6. The largest absolute Gasteiger partial charge is 0.494 e. The normalized spacial score (nSPS) is 16.3. The average Bonchev–Trinajstić information content (AvgIpc) is 2.66. The zero-order valence-electron chi connectivity index (χ0n) is 14.7. The van der Waals surface area contributed by atoms with Crippen LogP contribution in [0, 0.1) is 0 Å². The van der Waals surface area contributed by atoms with E-state index in [0.29, 0.717) is 18.1 Å². The molecule has 2 amide bonds. The van der Waals surface area contributed by atoms with Crippen molar-refractivity contribution in [1.29, 1.82) is 0 Å². The molecule has 0 spiro atoms. The van der Waals surface area contributed by atoms with Gasteiger partial charge in [-0.3, -0.25) is 20.2 Å². The highest BCUT2D eigenvalue weighted by atomic mass is 35.5. The van der Waals surface area contributed by atoms with Crippen molar-refractivity contribution in [3.05, 3.63) is 65.2 Å². The number of amides is 2. The van der Waals surface area contributed by atoms with Gasteiger partial charge >= 0.3 is 0 Å². The molecule has 1 aliphatic heterocycles. The first kappa shape index (κ1) is 18.9. The summed E-state index contributed by atoms with van der Waals surface area (Å²) >= 11 is 5.89. The molecule has 2 aromatic carbocycles. The number of benzene rings is 2. The fourth-order valence-electron chi connectivity index (χ4n) is 2.67. The summed E-state index contributed by atoms with van der Waals surface area (Å²) in [6.45, 7) is 0.434. The lowest BCUT2D eigenvalue weighted by Crippen LogP contribution is -2.47. The standard InChI is InChI=1S/C20H20ClN3O3/c21-15-10-8-14(9-11-15)17-13-19(26)24-20(22-17)23-18(25)7-4-12-27-16-5-2-1-3-6-16/h1-3,5-6,8-11,17H,4,7,12-13H2,(H2,22,23,24,25,26). The van der Waals surface area contributed by atoms with Crippen molar-refractivity contribution in [1.82, 2.24) is 10.6 Å². The van der Waals surface area contributed by atoms with E-state index in [2.05, 4.69) is 15.6 Å². The Morgan fingerprint density at radius 1 is 1.19 bits per heavy atom. The maximum absolute atomic E-state index is 12.1. The van der Waals surface area contributed by atoms with Crippen LogP contribution in [0.2, 0.25) is 5.02 Å². The molecule has 1 unspecified atom stereocenters. The van der Waals surface area contributed by atoms with Gasteiger partial charge in [-0.25, -0.2) is 4.99 Å². The third-order valence-corrected chi connectivity index (χ3v) is 4.25. The van der Waals surface area contributed by atoms with E-state index in [4.69, 9.17) is 16.3 Å². The minimum Gasteiger partial charge on any atom is -0.494 e. The maximum Gasteiger partial charge on any atom is 0.229 e. The highest BCUT2D eigenvalue weighted by Gasteiger charge is 2.23. The Kier molecular flexibility index (Phi) is 6.44. The van der Waals surface area contributed by atoms with Crippen LogP contribution in [0.25, 0.3) is 0 Å². The third-order valence-electron chi connectivity index (χ3n) is 3.99. The molecular formula is C20H20ClN3O3. The Morgan fingerprint density at radius 2 is 1.93 bits per heavy atom. The van der Waals surface area contributed by atoms with Gasteiger partial charge in [-0.2, -0.15) is 0 Å². The van der Waals surface area contributed by atoms with Gasteiger partial charge in [0.1, 0.15) is 5.75 Å². The van der Waals surface area contributed by atoms with Gasteiger partial charge in [0.15, 0.2) is 0 Å². The van der Waals surface area contributed by atoms with Gasteiger partial charge in [0.2, 0.25) is 17.8 Å². The van der Waals surface area contributed by atoms with E-state index in [1.54, 1.807) is 12.1 Å². The van der Waals surface area contributed by atoms with Crippen molar-refractivity contribution < 1.29 is 14.3 Å². The second-order valence-electron chi connectivity index (χ2n) is 6.11. The molecule has 0 bridgehead atoms. The zero-order valence-corrected chi connectivity index (χ0v) is 15.4. The summed E-state index contributed by atoms with van der Waals surface area (Å²) in [7, 11) is 0. The molecular weight excluding hydrogens is 366 g/mol.